The Labute approximate surface area is 305 Å². The fourth-order valence-electron chi connectivity index (χ4n) is 8.19. The summed E-state index contributed by atoms with van der Waals surface area (Å²) in [7, 11) is -3.96. The van der Waals surface area contributed by atoms with Gasteiger partial charge in [-0.3, -0.25) is 9.59 Å². The molecule has 1 heterocycles. The highest BCUT2D eigenvalue weighted by atomic mass is 31.2. The van der Waals surface area contributed by atoms with E-state index in [-0.39, 0.29) is 30.9 Å². The Balaban J connectivity index is 1.41. The van der Waals surface area contributed by atoms with Crippen LogP contribution in [0.2, 0.25) is 0 Å². The second-order valence-corrected chi connectivity index (χ2v) is 15.9. The Kier molecular flexibility index (Phi) is 11.0. The zero-order valence-corrected chi connectivity index (χ0v) is 30.5. The van der Waals surface area contributed by atoms with Crippen LogP contribution in [0.1, 0.15) is 62.3 Å². The average molecular weight is 722 g/mol. The Bertz CT molecular complexity index is 1940. The van der Waals surface area contributed by atoms with Gasteiger partial charge in [0.15, 0.2) is 13.9 Å². The Morgan fingerprint density at radius 3 is 1.69 bits per heavy atom. The van der Waals surface area contributed by atoms with Crippen LogP contribution in [0, 0.1) is 11.7 Å². The van der Waals surface area contributed by atoms with Crippen molar-refractivity contribution in [3.63, 3.8) is 0 Å². The van der Waals surface area contributed by atoms with Gasteiger partial charge in [0.25, 0.3) is 0 Å². The molecule has 0 unspecified atom stereocenters. The molecule has 7 rings (SSSR count). The molecule has 0 bridgehead atoms. The maximum Gasteiger partial charge on any atom is 0.322 e. The number of carbonyl (C=O) groups is 2. The lowest BCUT2D eigenvalue weighted by Gasteiger charge is -2.43. The quantitative estimate of drug-likeness (QED) is 0.0791. The second kappa shape index (κ2) is 15.8. The van der Waals surface area contributed by atoms with Gasteiger partial charge in [-0.15, -0.1) is 9.34 Å². The SMILES string of the molecule is CCOC(=O)C(C(=O)OCC)[C@@H](N[P+]1([O-])N(Cc2cccc3ccccc23)[C@@H]2CCCC[C@H]2N1Cc1cccc2ccccc12)c1ccccc1F. The van der Waals surface area contributed by atoms with E-state index in [9.17, 15) is 9.59 Å². The molecule has 0 radical (unpaired) electrons. The summed E-state index contributed by atoms with van der Waals surface area (Å²) in [6.07, 6.45) is 3.58. The first-order valence-corrected chi connectivity index (χ1v) is 19.9. The third-order valence-corrected chi connectivity index (χ3v) is 13.4. The standard InChI is InChI=1S/C42H45FN3O5P/c1-3-50-41(47)39(42(48)51-4-2)40(35-23-9-10-24-36(35)43)44-52(49)45(27-31-19-13-17-29-15-5-7-21-33(29)31)37-25-11-12-26-38(37)46(52)28-32-20-14-18-30-16-6-8-22-34(30)32/h5-10,13-24,37-40H,3-4,11-12,25-28H2,1-2H3,(H,44,49)/t37-,38-,40+/m1/s1. The molecule has 52 heavy (non-hydrogen) atoms. The average Bonchev–Trinajstić information content (AvgIpc) is 3.38. The molecule has 8 nitrogen and oxygen atoms in total. The van der Waals surface area contributed by atoms with Crippen molar-refractivity contribution < 1.29 is 28.3 Å². The molecule has 2 fully saturated rings. The van der Waals surface area contributed by atoms with Gasteiger partial charge in [0, 0.05) is 5.56 Å². The molecule has 1 saturated carbocycles. The van der Waals surface area contributed by atoms with Gasteiger partial charge in [0.1, 0.15) is 5.82 Å². The highest BCUT2D eigenvalue weighted by Gasteiger charge is 2.61. The van der Waals surface area contributed by atoms with Gasteiger partial charge in [0.2, 0.25) is 0 Å². The van der Waals surface area contributed by atoms with E-state index in [0.717, 1.165) is 58.4 Å². The number of halogens is 1. The van der Waals surface area contributed by atoms with Crippen LogP contribution in [-0.2, 0) is 32.2 Å². The predicted octanol–water partition coefficient (Wildman–Crippen LogP) is 7.87. The van der Waals surface area contributed by atoms with E-state index < -0.39 is 37.7 Å². The summed E-state index contributed by atoms with van der Waals surface area (Å²) in [5, 5.41) is 7.64. The number of esters is 2. The number of hydrogen-bond acceptors (Lipinski definition) is 8. The molecular formula is C42H45FN3O5P. The van der Waals surface area contributed by atoms with E-state index >= 15 is 9.28 Å². The van der Waals surface area contributed by atoms with Crippen LogP contribution in [0.15, 0.2) is 109 Å². The molecule has 5 aromatic carbocycles. The third kappa shape index (κ3) is 6.96. The van der Waals surface area contributed by atoms with Gasteiger partial charge >= 0.3 is 11.9 Å². The van der Waals surface area contributed by atoms with Crippen molar-refractivity contribution in [2.24, 2.45) is 5.92 Å². The van der Waals surface area contributed by atoms with Crippen molar-refractivity contribution in [1.29, 1.82) is 0 Å². The van der Waals surface area contributed by atoms with Crippen molar-refractivity contribution in [3.05, 3.63) is 132 Å². The lowest BCUT2D eigenvalue weighted by Crippen LogP contribution is -2.49. The largest absolute Gasteiger partial charge is 0.636 e. The monoisotopic (exact) mass is 721 g/mol. The summed E-state index contributed by atoms with van der Waals surface area (Å²) in [5.41, 5.74) is 2.05. The molecule has 3 atom stereocenters. The highest BCUT2D eigenvalue weighted by Crippen LogP contribution is 2.66. The van der Waals surface area contributed by atoms with E-state index in [1.807, 2.05) is 36.4 Å². The van der Waals surface area contributed by atoms with Gasteiger partial charge in [0.05, 0.1) is 44.4 Å². The van der Waals surface area contributed by atoms with Gasteiger partial charge in [-0.2, -0.15) is 5.09 Å². The molecule has 0 aromatic heterocycles. The number of nitrogens with zero attached hydrogens (tertiary/aromatic N) is 2. The maximum atomic E-state index is 16.6. The molecular weight excluding hydrogens is 676 g/mol. The van der Waals surface area contributed by atoms with Crippen LogP contribution >= 0.6 is 7.94 Å². The molecule has 1 aliphatic carbocycles. The topological polar surface area (TPSA) is 94.2 Å². The number of ether oxygens (including phenoxy) is 2. The number of fused-ring (bicyclic) bond motifs is 3. The fourth-order valence-corrected chi connectivity index (χ4v) is 11.5. The molecule has 0 spiro atoms. The molecule has 2 aliphatic rings. The van der Waals surface area contributed by atoms with Crippen molar-refractivity contribution in [3.8, 4) is 0 Å². The van der Waals surface area contributed by atoms with Crippen LogP contribution in [0.5, 0.6) is 0 Å². The minimum atomic E-state index is -3.96. The lowest BCUT2D eigenvalue weighted by atomic mass is 9.89. The lowest BCUT2D eigenvalue weighted by molar-refractivity contribution is -0.197. The summed E-state index contributed by atoms with van der Waals surface area (Å²) in [6, 6.07) is 33.0. The number of hydrogen-bond donors (Lipinski definition) is 1. The minimum absolute atomic E-state index is 0.000944. The summed E-state index contributed by atoms with van der Waals surface area (Å²) in [6.45, 7) is 3.97. The Hall–Kier alpha value is -4.24. The predicted molar refractivity (Wildman–Crippen MR) is 201 cm³/mol. The van der Waals surface area contributed by atoms with Crippen LogP contribution in [0.25, 0.3) is 21.5 Å². The zero-order valence-electron chi connectivity index (χ0n) is 29.6. The number of benzene rings is 5. The minimum Gasteiger partial charge on any atom is -0.636 e. The fraction of sp³-hybridized carbons (Fsp3) is 0.333. The van der Waals surface area contributed by atoms with Gasteiger partial charge in [-0.1, -0.05) is 116 Å². The van der Waals surface area contributed by atoms with Gasteiger partial charge in [-0.05, 0) is 65.4 Å². The van der Waals surface area contributed by atoms with Gasteiger partial charge < -0.3 is 14.4 Å². The van der Waals surface area contributed by atoms with Gasteiger partial charge in [-0.25, -0.2) is 4.39 Å². The van der Waals surface area contributed by atoms with Crippen LogP contribution in [0.3, 0.4) is 0 Å². The maximum absolute atomic E-state index is 16.6. The number of carbonyl (C=O) groups excluding carboxylic acids is 2. The first-order valence-electron chi connectivity index (χ1n) is 18.3. The van der Waals surface area contributed by atoms with Crippen molar-refractivity contribution in [2.75, 3.05) is 13.2 Å². The van der Waals surface area contributed by atoms with E-state index in [4.69, 9.17) is 9.47 Å². The summed E-state index contributed by atoms with van der Waals surface area (Å²) < 4.78 is 30.9. The first-order chi connectivity index (χ1) is 25.3. The van der Waals surface area contributed by atoms with Crippen molar-refractivity contribution in [1.82, 2.24) is 14.4 Å². The third-order valence-electron chi connectivity index (χ3n) is 10.5. The molecule has 0 amide bonds. The summed E-state index contributed by atoms with van der Waals surface area (Å²) >= 11 is 0. The normalized spacial score (nSPS) is 19.5. The second-order valence-electron chi connectivity index (χ2n) is 13.5. The molecule has 1 aliphatic heterocycles. The molecule has 1 saturated heterocycles. The Morgan fingerprint density at radius 2 is 1.19 bits per heavy atom. The molecule has 270 valence electrons. The van der Waals surface area contributed by atoms with Crippen molar-refractivity contribution in [2.45, 2.75) is 70.7 Å². The van der Waals surface area contributed by atoms with Crippen LogP contribution in [-0.4, -0.2) is 46.6 Å². The van der Waals surface area contributed by atoms with Crippen LogP contribution < -0.4 is 9.98 Å². The molecule has 1 N–H and O–H groups in total. The molecule has 10 heteroatoms. The Morgan fingerprint density at radius 1 is 0.731 bits per heavy atom. The molecule has 5 aromatic rings. The summed E-state index contributed by atoms with van der Waals surface area (Å²) in [4.78, 5) is 44.1. The van der Waals surface area contributed by atoms with E-state index in [0.29, 0.717) is 13.1 Å². The number of rotatable bonds is 12. The summed E-state index contributed by atoms with van der Waals surface area (Å²) in [5.74, 6) is -4.00. The van der Waals surface area contributed by atoms with E-state index in [1.165, 1.54) is 12.1 Å². The highest BCUT2D eigenvalue weighted by molar-refractivity contribution is 7.62. The van der Waals surface area contributed by atoms with Crippen molar-refractivity contribution >= 4 is 41.4 Å². The zero-order chi connectivity index (χ0) is 36.2. The number of nitrogens with one attached hydrogen (secondary N) is 1. The van der Waals surface area contributed by atoms with E-state index in [2.05, 4.69) is 63.0 Å². The van der Waals surface area contributed by atoms with E-state index in [1.54, 1.807) is 26.0 Å². The smallest absolute Gasteiger partial charge is 0.322 e. The first kappa shape index (κ1) is 36.1. The van der Waals surface area contributed by atoms with Crippen LogP contribution in [0.4, 0.5) is 4.39 Å².